The van der Waals surface area contributed by atoms with Crippen LogP contribution >= 0.6 is 0 Å². The van der Waals surface area contributed by atoms with Gasteiger partial charge in [-0.25, -0.2) is 4.79 Å². The maximum Gasteiger partial charge on any atom is 0.404 e. The summed E-state index contributed by atoms with van der Waals surface area (Å²) in [6.07, 6.45) is -1.47. The number of nitrogens with zero attached hydrogens (tertiary/aromatic N) is 2. The van der Waals surface area contributed by atoms with Crippen molar-refractivity contribution in [2.75, 3.05) is 14.2 Å². The molecule has 0 amide bonds. The van der Waals surface area contributed by atoms with Crippen LogP contribution in [0.15, 0.2) is 5.16 Å². The number of amidine groups is 1. The van der Waals surface area contributed by atoms with Gasteiger partial charge in [-0.3, -0.25) is 9.63 Å². The van der Waals surface area contributed by atoms with Gasteiger partial charge in [-0.1, -0.05) is 0 Å². The third kappa shape index (κ3) is 1.92. The summed E-state index contributed by atoms with van der Waals surface area (Å²) in [5.74, 6) is -4.20. The number of carbonyl (C=O) groups excluding carboxylic acids is 2. The molecule has 2 atom stereocenters. The third-order valence-electron chi connectivity index (χ3n) is 1.92. The van der Waals surface area contributed by atoms with Crippen LogP contribution in [0, 0.1) is 16.0 Å². The van der Waals surface area contributed by atoms with Gasteiger partial charge in [0.1, 0.15) is 0 Å². The van der Waals surface area contributed by atoms with E-state index in [1.165, 1.54) is 0 Å². The lowest BCUT2D eigenvalue weighted by Gasteiger charge is -2.09. The normalized spacial score (nSPS) is 23.0. The Balaban J connectivity index is 2.98. The van der Waals surface area contributed by atoms with Crippen molar-refractivity contribution in [1.29, 1.82) is 0 Å². The van der Waals surface area contributed by atoms with Gasteiger partial charge in [0.25, 0.3) is 6.10 Å². The Morgan fingerprint density at radius 2 is 1.94 bits per heavy atom. The van der Waals surface area contributed by atoms with Crippen molar-refractivity contribution in [3.05, 3.63) is 10.1 Å². The number of methoxy groups -OCH3 is 2. The van der Waals surface area contributed by atoms with Gasteiger partial charge < -0.3 is 19.6 Å². The van der Waals surface area contributed by atoms with Crippen molar-refractivity contribution in [1.82, 2.24) is 0 Å². The molecule has 0 aliphatic carbocycles. The van der Waals surface area contributed by atoms with E-state index in [1.807, 2.05) is 0 Å². The van der Waals surface area contributed by atoms with Crippen molar-refractivity contribution < 1.29 is 28.8 Å². The molecule has 0 saturated heterocycles. The molecule has 0 aromatic rings. The zero-order valence-electron chi connectivity index (χ0n) is 8.41. The summed E-state index contributed by atoms with van der Waals surface area (Å²) < 4.78 is 8.65. The summed E-state index contributed by atoms with van der Waals surface area (Å²) in [6, 6.07) is 0. The van der Waals surface area contributed by atoms with E-state index in [9.17, 15) is 19.7 Å². The molecule has 0 saturated carbocycles. The number of hydrogen-bond acceptors (Lipinski definition) is 8. The maximum atomic E-state index is 11.3. The molecule has 9 heteroatoms. The van der Waals surface area contributed by atoms with Gasteiger partial charge in [0.2, 0.25) is 5.92 Å². The third-order valence-corrected chi connectivity index (χ3v) is 1.92. The molecule has 0 aromatic carbocycles. The average molecular weight is 232 g/mol. The van der Waals surface area contributed by atoms with Gasteiger partial charge in [0.05, 0.1) is 14.2 Å². The second kappa shape index (κ2) is 4.55. The first-order chi connectivity index (χ1) is 7.52. The van der Waals surface area contributed by atoms with Crippen LogP contribution in [-0.2, 0) is 23.9 Å². The molecular weight excluding hydrogens is 224 g/mol. The molecule has 0 aromatic heterocycles. The molecule has 9 nitrogen and oxygen atoms in total. The smallest absolute Gasteiger partial charge is 0.404 e. The van der Waals surface area contributed by atoms with E-state index in [0.717, 1.165) is 14.2 Å². The lowest BCUT2D eigenvalue weighted by Crippen LogP contribution is -2.40. The topological polar surface area (TPSA) is 117 Å². The average Bonchev–Trinajstić information content (AvgIpc) is 2.71. The highest BCUT2D eigenvalue weighted by Crippen LogP contribution is 2.21. The molecule has 0 N–H and O–H groups in total. The highest BCUT2D eigenvalue weighted by Gasteiger charge is 2.54. The van der Waals surface area contributed by atoms with E-state index in [2.05, 4.69) is 19.5 Å². The van der Waals surface area contributed by atoms with Gasteiger partial charge in [-0.05, 0) is 4.92 Å². The van der Waals surface area contributed by atoms with Crippen LogP contribution in [-0.4, -0.2) is 43.0 Å². The van der Waals surface area contributed by atoms with Crippen LogP contribution in [0.4, 0.5) is 0 Å². The minimum atomic E-state index is -1.51. The highest BCUT2D eigenvalue weighted by molar-refractivity contribution is 6.02. The van der Waals surface area contributed by atoms with E-state index in [4.69, 9.17) is 0 Å². The molecule has 1 heterocycles. The fourth-order valence-electron chi connectivity index (χ4n) is 1.16. The largest absolute Gasteiger partial charge is 0.468 e. The minimum Gasteiger partial charge on any atom is -0.468 e. The second-order valence-corrected chi connectivity index (χ2v) is 2.76. The number of carbonyl (C=O) groups is 2. The van der Waals surface area contributed by atoms with Crippen LogP contribution in [0.5, 0.6) is 0 Å². The standard InChI is InChI=1S/C7H8N2O7/c1-14-6(10)3-4(7(11)15-2)16-8-5(3)9(12)13/h3-4H,1-2H3/t3-,4+/m0/s1. The Kier molecular flexibility index (Phi) is 3.38. The first-order valence-electron chi connectivity index (χ1n) is 4.06. The molecular formula is C7H8N2O7. The number of ether oxygens (including phenoxy) is 2. The summed E-state index contributed by atoms with van der Waals surface area (Å²) in [5, 5.41) is 13.6. The van der Waals surface area contributed by atoms with Crippen molar-refractivity contribution in [3.8, 4) is 0 Å². The minimum absolute atomic E-state index is 0.776. The Morgan fingerprint density at radius 3 is 2.38 bits per heavy atom. The SMILES string of the molecule is COC(=O)[C@@H]1C([N+](=O)[O-])=NO[C@H]1C(=O)OC. The number of oxime groups is 1. The zero-order valence-corrected chi connectivity index (χ0v) is 8.41. The Labute approximate surface area is 89.1 Å². The van der Waals surface area contributed by atoms with Gasteiger partial charge in [-0.2, -0.15) is 0 Å². The lowest BCUT2D eigenvalue weighted by atomic mass is 10.0. The molecule has 1 rings (SSSR count). The lowest BCUT2D eigenvalue weighted by molar-refractivity contribution is -0.355. The van der Waals surface area contributed by atoms with Crippen molar-refractivity contribution >= 4 is 17.8 Å². The first-order valence-corrected chi connectivity index (χ1v) is 4.06. The van der Waals surface area contributed by atoms with Crippen LogP contribution < -0.4 is 0 Å². The summed E-state index contributed by atoms with van der Waals surface area (Å²) >= 11 is 0. The Morgan fingerprint density at radius 1 is 1.38 bits per heavy atom. The Bertz CT molecular complexity index is 364. The highest BCUT2D eigenvalue weighted by atomic mass is 16.7. The summed E-state index contributed by atoms with van der Waals surface area (Å²) in [5.41, 5.74) is 0. The second-order valence-electron chi connectivity index (χ2n) is 2.76. The first kappa shape index (κ1) is 11.9. The molecule has 88 valence electrons. The van der Waals surface area contributed by atoms with Gasteiger partial charge in [0, 0.05) is 0 Å². The van der Waals surface area contributed by atoms with Crippen LogP contribution in [0.3, 0.4) is 0 Å². The van der Waals surface area contributed by atoms with Gasteiger partial charge in [-0.15, -0.1) is 0 Å². The summed E-state index contributed by atoms with van der Waals surface area (Å²) in [6.45, 7) is 0. The maximum absolute atomic E-state index is 11.3. The monoisotopic (exact) mass is 232 g/mol. The quantitative estimate of drug-likeness (QED) is 0.338. The molecule has 0 radical (unpaired) electrons. The number of esters is 2. The molecule has 0 unspecified atom stereocenters. The zero-order chi connectivity index (χ0) is 12.3. The molecule has 0 bridgehead atoms. The van der Waals surface area contributed by atoms with Gasteiger partial charge >= 0.3 is 17.8 Å². The number of nitro groups is 1. The van der Waals surface area contributed by atoms with E-state index in [1.54, 1.807) is 0 Å². The molecule has 0 spiro atoms. The van der Waals surface area contributed by atoms with Crippen molar-refractivity contribution in [2.45, 2.75) is 6.10 Å². The molecule has 1 aliphatic rings. The van der Waals surface area contributed by atoms with Crippen LogP contribution in [0.2, 0.25) is 0 Å². The molecule has 16 heavy (non-hydrogen) atoms. The fraction of sp³-hybridized carbons (Fsp3) is 0.571. The fourth-order valence-corrected chi connectivity index (χ4v) is 1.16. The van der Waals surface area contributed by atoms with Crippen molar-refractivity contribution in [2.24, 2.45) is 11.1 Å². The summed E-state index contributed by atoms with van der Waals surface area (Å²) in [7, 11) is 2.09. The number of rotatable bonds is 2. The van der Waals surface area contributed by atoms with Crippen LogP contribution in [0.1, 0.15) is 0 Å². The molecule has 1 aliphatic heterocycles. The van der Waals surface area contributed by atoms with E-state index in [0.29, 0.717) is 0 Å². The van der Waals surface area contributed by atoms with Crippen LogP contribution in [0.25, 0.3) is 0 Å². The van der Waals surface area contributed by atoms with E-state index >= 15 is 0 Å². The van der Waals surface area contributed by atoms with E-state index < -0.39 is 34.7 Å². The van der Waals surface area contributed by atoms with E-state index in [-0.39, 0.29) is 0 Å². The predicted molar refractivity (Wildman–Crippen MR) is 46.8 cm³/mol. The van der Waals surface area contributed by atoms with Gasteiger partial charge in [0.15, 0.2) is 5.16 Å². The number of hydrogen-bond donors (Lipinski definition) is 0. The predicted octanol–water partition coefficient (Wildman–Crippen LogP) is -1.06. The summed E-state index contributed by atoms with van der Waals surface area (Å²) in [4.78, 5) is 36.5. The Hall–Kier alpha value is -2.19. The molecule has 0 fully saturated rings. The van der Waals surface area contributed by atoms with Crippen molar-refractivity contribution in [3.63, 3.8) is 0 Å².